The molecule has 98 valence electrons. The normalized spacial score (nSPS) is 16.8. The third-order valence-corrected chi connectivity index (χ3v) is 3.81. The maximum absolute atomic E-state index is 12.1. The standard InChI is InChI=1S/C15H21NO2/c1-2-12-6-8-16(9-7-12)15(18)11-13-4-3-5-14(17)10-13/h3-5,10,12,17H,2,6-9,11H2,1H3. The molecule has 18 heavy (non-hydrogen) atoms. The number of amides is 1. The lowest BCUT2D eigenvalue weighted by Gasteiger charge is -2.31. The van der Waals surface area contributed by atoms with Crippen LogP contribution in [0.4, 0.5) is 0 Å². The van der Waals surface area contributed by atoms with Crippen molar-refractivity contribution in [1.29, 1.82) is 0 Å². The molecule has 0 unspecified atom stereocenters. The number of piperidine rings is 1. The Hall–Kier alpha value is -1.51. The summed E-state index contributed by atoms with van der Waals surface area (Å²) in [6, 6.07) is 6.95. The molecule has 1 heterocycles. The van der Waals surface area contributed by atoms with Gasteiger partial charge in [-0.3, -0.25) is 4.79 Å². The highest BCUT2D eigenvalue weighted by molar-refractivity contribution is 5.79. The number of carbonyl (C=O) groups excluding carboxylic acids is 1. The van der Waals surface area contributed by atoms with E-state index in [1.807, 2.05) is 11.0 Å². The minimum absolute atomic E-state index is 0.176. The van der Waals surface area contributed by atoms with E-state index >= 15 is 0 Å². The summed E-state index contributed by atoms with van der Waals surface area (Å²) in [5, 5.41) is 9.38. The Labute approximate surface area is 108 Å². The zero-order chi connectivity index (χ0) is 13.0. The van der Waals surface area contributed by atoms with Gasteiger partial charge in [0.1, 0.15) is 5.75 Å². The van der Waals surface area contributed by atoms with Gasteiger partial charge in [0.05, 0.1) is 6.42 Å². The van der Waals surface area contributed by atoms with Crippen molar-refractivity contribution in [3.05, 3.63) is 29.8 Å². The van der Waals surface area contributed by atoms with Crippen LogP contribution in [0.5, 0.6) is 5.75 Å². The Morgan fingerprint density at radius 1 is 1.39 bits per heavy atom. The van der Waals surface area contributed by atoms with Gasteiger partial charge in [-0.1, -0.05) is 25.5 Å². The molecule has 1 aliphatic heterocycles. The molecule has 0 aliphatic carbocycles. The predicted octanol–water partition coefficient (Wildman–Crippen LogP) is 2.58. The van der Waals surface area contributed by atoms with Gasteiger partial charge in [-0.05, 0) is 36.5 Å². The number of likely N-dealkylation sites (tertiary alicyclic amines) is 1. The van der Waals surface area contributed by atoms with Crippen LogP contribution in [0.25, 0.3) is 0 Å². The smallest absolute Gasteiger partial charge is 0.226 e. The Morgan fingerprint density at radius 3 is 2.72 bits per heavy atom. The van der Waals surface area contributed by atoms with Gasteiger partial charge >= 0.3 is 0 Å². The van der Waals surface area contributed by atoms with E-state index in [9.17, 15) is 9.90 Å². The van der Waals surface area contributed by atoms with Gasteiger partial charge in [-0.15, -0.1) is 0 Å². The van der Waals surface area contributed by atoms with Crippen LogP contribution in [0.3, 0.4) is 0 Å². The van der Waals surface area contributed by atoms with E-state index < -0.39 is 0 Å². The minimum atomic E-state index is 0.176. The van der Waals surface area contributed by atoms with Gasteiger partial charge in [-0.2, -0.15) is 0 Å². The predicted molar refractivity (Wildman–Crippen MR) is 71.4 cm³/mol. The maximum Gasteiger partial charge on any atom is 0.226 e. The number of hydrogen-bond donors (Lipinski definition) is 1. The molecule has 3 heteroatoms. The average molecular weight is 247 g/mol. The maximum atomic E-state index is 12.1. The molecule has 0 atom stereocenters. The SMILES string of the molecule is CCC1CCN(C(=O)Cc2cccc(O)c2)CC1. The molecular formula is C15H21NO2. The Balaban J connectivity index is 1.89. The summed E-state index contributed by atoms with van der Waals surface area (Å²) in [5.74, 6) is 1.19. The van der Waals surface area contributed by atoms with E-state index in [4.69, 9.17) is 0 Å². The zero-order valence-electron chi connectivity index (χ0n) is 10.9. The van der Waals surface area contributed by atoms with E-state index in [-0.39, 0.29) is 11.7 Å². The number of phenolic OH excluding ortho intramolecular Hbond substituents is 1. The Bertz CT molecular complexity index is 409. The molecule has 0 saturated carbocycles. The number of phenols is 1. The van der Waals surface area contributed by atoms with Crippen LogP contribution in [-0.2, 0) is 11.2 Å². The van der Waals surface area contributed by atoms with Crippen molar-refractivity contribution in [3.8, 4) is 5.75 Å². The van der Waals surface area contributed by atoms with Gasteiger partial charge in [0.15, 0.2) is 0 Å². The van der Waals surface area contributed by atoms with Crippen molar-refractivity contribution >= 4 is 5.91 Å². The highest BCUT2D eigenvalue weighted by atomic mass is 16.3. The lowest BCUT2D eigenvalue weighted by Crippen LogP contribution is -2.39. The first-order valence-corrected chi connectivity index (χ1v) is 6.74. The van der Waals surface area contributed by atoms with E-state index in [0.29, 0.717) is 6.42 Å². The molecule has 1 aliphatic rings. The first-order chi connectivity index (χ1) is 8.69. The summed E-state index contributed by atoms with van der Waals surface area (Å²) in [6.45, 7) is 3.99. The summed E-state index contributed by atoms with van der Waals surface area (Å²) in [4.78, 5) is 14.1. The number of hydrogen-bond acceptors (Lipinski definition) is 2. The molecule has 0 radical (unpaired) electrons. The molecule has 1 aromatic carbocycles. The van der Waals surface area contributed by atoms with E-state index in [0.717, 1.165) is 37.4 Å². The molecular weight excluding hydrogens is 226 g/mol. The number of aromatic hydroxyl groups is 1. The summed E-state index contributed by atoms with van der Waals surface area (Å²) < 4.78 is 0. The molecule has 1 N–H and O–H groups in total. The molecule has 1 aromatic rings. The van der Waals surface area contributed by atoms with Crippen LogP contribution in [-0.4, -0.2) is 29.0 Å². The molecule has 1 saturated heterocycles. The summed E-state index contributed by atoms with van der Waals surface area (Å²) in [5.41, 5.74) is 0.887. The molecule has 0 spiro atoms. The van der Waals surface area contributed by atoms with E-state index in [1.165, 1.54) is 6.42 Å². The van der Waals surface area contributed by atoms with Crippen molar-refractivity contribution in [3.63, 3.8) is 0 Å². The lowest BCUT2D eigenvalue weighted by molar-refractivity contribution is -0.131. The van der Waals surface area contributed by atoms with Crippen LogP contribution in [0, 0.1) is 5.92 Å². The largest absolute Gasteiger partial charge is 0.508 e. The zero-order valence-corrected chi connectivity index (χ0v) is 10.9. The van der Waals surface area contributed by atoms with Crippen LogP contribution >= 0.6 is 0 Å². The summed E-state index contributed by atoms with van der Waals surface area (Å²) >= 11 is 0. The van der Waals surface area contributed by atoms with Gasteiger partial charge in [0.25, 0.3) is 0 Å². The van der Waals surface area contributed by atoms with E-state index in [2.05, 4.69) is 6.92 Å². The quantitative estimate of drug-likeness (QED) is 0.892. The fraction of sp³-hybridized carbons (Fsp3) is 0.533. The van der Waals surface area contributed by atoms with Crippen molar-refractivity contribution in [1.82, 2.24) is 4.90 Å². The third-order valence-electron chi connectivity index (χ3n) is 3.81. The van der Waals surface area contributed by atoms with Gasteiger partial charge in [0.2, 0.25) is 5.91 Å². The van der Waals surface area contributed by atoms with E-state index in [1.54, 1.807) is 18.2 Å². The molecule has 0 bridgehead atoms. The monoisotopic (exact) mass is 247 g/mol. The van der Waals surface area contributed by atoms with Gasteiger partial charge in [0, 0.05) is 13.1 Å². The highest BCUT2D eigenvalue weighted by Crippen LogP contribution is 2.21. The summed E-state index contributed by atoms with van der Waals surface area (Å²) in [6.07, 6.45) is 3.87. The number of rotatable bonds is 3. The first kappa shape index (κ1) is 12.9. The van der Waals surface area contributed by atoms with Crippen molar-refractivity contribution in [2.45, 2.75) is 32.6 Å². The topological polar surface area (TPSA) is 40.5 Å². The van der Waals surface area contributed by atoms with Crippen LogP contribution in [0.2, 0.25) is 0 Å². The Morgan fingerprint density at radius 2 is 2.11 bits per heavy atom. The van der Waals surface area contributed by atoms with Crippen molar-refractivity contribution < 1.29 is 9.90 Å². The number of benzene rings is 1. The van der Waals surface area contributed by atoms with Crippen molar-refractivity contribution in [2.24, 2.45) is 5.92 Å². The van der Waals surface area contributed by atoms with Gasteiger partial charge < -0.3 is 10.0 Å². The van der Waals surface area contributed by atoms with Crippen LogP contribution < -0.4 is 0 Å². The fourth-order valence-electron chi connectivity index (χ4n) is 2.54. The first-order valence-electron chi connectivity index (χ1n) is 6.74. The van der Waals surface area contributed by atoms with Crippen molar-refractivity contribution in [2.75, 3.05) is 13.1 Å². The molecule has 3 nitrogen and oxygen atoms in total. The lowest BCUT2D eigenvalue weighted by atomic mass is 9.94. The number of carbonyl (C=O) groups is 1. The second-order valence-electron chi connectivity index (χ2n) is 5.08. The molecule has 1 fully saturated rings. The van der Waals surface area contributed by atoms with Crippen LogP contribution in [0.1, 0.15) is 31.7 Å². The fourth-order valence-corrected chi connectivity index (χ4v) is 2.54. The third kappa shape index (κ3) is 3.25. The Kier molecular flexibility index (Phi) is 4.24. The van der Waals surface area contributed by atoms with Gasteiger partial charge in [-0.25, -0.2) is 0 Å². The summed E-state index contributed by atoms with van der Waals surface area (Å²) in [7, 11) is 0. The molecule has 1 amide bonds. The minimum Gasteiger partial charge on any atom is -0.508 e. The highest BCUT2D eigenvalue weighted by Gasteiger charge is 2.21. The average Bonchev–Trinajstić information content (AvgIpc) is 2.39. The molecule has 2 rings (SSSR count). The second kappa shape index (κ2) is 5.89. The molecule has 0 aromatic heterocycles. The number of nitrogens with zero attached hydrogens (tertiary/aromatic N) is 1. The second-order valence-corrected chi connectivity index (χ2v) is 5.08. The van der Waals surface area contributed by atoms with Crippen LogP contribution in [0.15, 0.2) is 24.3 Å².